The summed E-state index contributed by atoms with van der Waals surface area (Å²) < 4.78 is 63.0. The standard InChI is InChI=1S/C43H48O12/c1-28(44)51-40-39(49-25-31-19-11-5-12-20-31)37(48-24-30-17-9-4-10-18-30)33(26-47-23-29-15-7-3-8-16-29)53-43(40)55-38-35(45)36-34(52-42(38)46-2)27-50-41(54-36)32-21-13-6-14-22-32/h3-22,33-43,45H,23-27H2,1-2H3/t33?,34?,35?,36-,37-,38?,39?,40?,41?,42+,43+/m1/s1. The van der Waals surface area contributed by atoms with Gasteiger partial charge in [0.2, 0.25) is 0 Å². The van der Waals surface area contributed by atoms with Crippen molar-refractivity contribution in [2.24, 2.45) is 0 Å². The SMILES string of the molecule is CO[C@H]1OC2COC(c3ccccc3)O[C@H]2C(O)C1O[C@@H]1OC(COCc2ccccc2)[C@@H](OCc2ccccc2)C(OCc2ccccc2)C1OC(C)=O. The fourth-order valence-electron chi connectivity index (χ4n) is 7.07. The lowest BCUT2D eigenvalue weighted by atomic mass is 9.96. The second kappa shape index (κ2) is 19.2. The molecule has 0 radical (unpaired) electrons. The predicted octanol–water partition coefficient (Wildman–Crippen LogP) is 5.26. The van der Waals surface area contributed by atoms with Crippen LogP contribution in [0.4, 0.5) is 0 Å². The highest BCUT2D eigenvalue weighted by Crippen LogP contribution is 2.38. The smallest absolute Gasteiger partial charge is 0.303 e. The van der Waals surface area contributed by atoms with Crippen LogP contribution >= 0.6 is 0 Å². The molecule has 7 unspecified atom stereocenters. The maximum Gasteiger partial charge on any atom is 0.303 e. The van der Waals surface area contributed by atoms with E-state index in [2.05, 4.69) is 0 Å². The predicted molar refractivity (Wildman–Crippen MR) is 197 cm³/mol. The van der Waals surface area contributed by atoms with Gasteiger partial charge in [0.15, 0.2) is 25.0 Å². The van der Waals surface area contributed by atoms with Crippen LogP contribution in [0, 0.1) is 0 Å². The number of carbonyl (C=O) groups excluding carboxylic acids is 1. The molecule has 3 heterocycles. The minimum Gasteiger partial charge on any atom is -0.454 e. The lowest BCUT2D eigenvalue weighted by molar-refractivity contribution is -0.393. The molecule has 3 fully saturated rings. The van der Waals surface area contributed by atoms with Gasteiger partial charge >= 0.3 is 5.97 Å². The summed E-state index contributed by atoms with van der Waals surface area (Å²) in [5.74, 6) is -0.585. The van der Waals surface area contributed by atoms with Gasteiger partial charge in [0.1, 0.15) is 42.7 Å². The van der Waals surface area contributed by atoms with E-state index in [0.29, 0.717) is 6.61 Å². The zero-order valence-corrected chi connectivity index (χ0v) is 30.9. The van der Waals surface area contributed by atoms with Gasteiger partial charge in [-0.05, 0) is 16.7 Å². The molecule has 0 bridgehead atoms. The molecule has 0 amide bonds. The van der Waals surface area contributed by atoms with E-state index in [1.54, 1.807) is 0 Å². The lowest BCUT2D eigenvalue weighted by Gasteiger charge is -2.50. The number of rotatable bonds is 15. The summed E-state index contributed by atoms with van der Waals surface area (Å²) >= 11 is 0. The van der Waals surface area contributed by atoms with Crippen molar-refractivity contribution in [3.8, 4) is 0 Å². The number of methoxy groups -OCH3 is 1. The molecule has 4 aromatic carbocycles. The third-order valence-electron chi connectivity index (χ3n) is 9.76. The molecule has 55 heavy (non-hydrogen) atoms. The second-order valence-corrected chi connectivity index (χ2v) is 13.7. The van der Waals surface area contributed by atoms with Crippen molar-refractivity contribution in [3.63, 3.8) is 0 Å². The number of fused-ring (bicyclic) bond motifs is 1. The van der Waals surface area contributed by atoms with E-state index < -0.39 is 73.7 Å². The summed E-state index contributed by atoms with van der Waals surface area (Å²) in [6.07, 6.45) is -10.6. The number of aliphatic hydroxyl groups excluding tert-OH is 1. The largest absolute Gasteiger partial charge is 0.454 e. The van der Waals surface area contributed by atoms with Crippen molar-refractivity contribution in [2.45, 2.75) is 94.4 Å². The lowest BCUT2D eigenvalue weighted by Crippen LogP contribution is -2.67. The molecule has 0 spiro atoms. The minimum atomic E-state index is -1.28. The Morgan fingerprint density at radius 3 is 1.82 bits per heavy atom. The van der Waals surface area contributed by atoms with Crippen LogP contribution < -0.4 is 0 Å². The first kappa shape index (κ1) is 39.2. The maximum atomic E-state index is 12.8. The van der Waals surface area contributed by atoms with Crippen molar-refractivity contribution in [1.29, 1.82) is 0 Å². The first-order chi connectivity index (χ1) is 27.0. The Balaban J connectivity index is 1.18. The average Bonchev–Trinajstić information content (AvgIpc) is 3.22. The summed E-state index contributed by atoms with van der Waals surface area (Å²) in [6.45, 7) is 2.24. The maximum absolute atomic E-state index is 12.8. The highest BCUT2D eigenvalue weighted by atomic mass is 16.8. The van der Waals surface area contributed by atoms with Crippen LogP contribution in [-0.2, 0) is 72.0 Å². The Kier molecular flexibility index (Phi) is 13.7. The van der Waals surface area contributed by atoms with Crippen LogP contribution in [-0.4, -0.2) is 92.8 Å². The Hall–Kier alpha value is -4.05. The summed E-state index contributed by atoms with van der Waals surface area (Å²) in [6, 6.07) is 38.6. The van der Waals surface area contributed by atoms with E-state index in [9.17, 15) is 9.90 Å². The number of hydrogen-bond donors (Lipinski definition) is 1. The molecule has 3 aliphatic heterocycles. The molecule has 12 nitrogen and oxygen atoms in total. The van der Waals surface area contributed by atoms with Gasteiger partial charge in [-0.15, -0.1) is 0 Å². The van der Waals surface area contributed by atoms with Crippen LogP contribution in [0.2, 0.25) is 0 Å². The molecule has 3 saturated heterocycles. The second-order valence-electron chi connectivity index (χ2n) is 13.7. The molecule has 0 saturated carbocycles. The molecule has 12 heteroatoms. The Bertz CT molecular complexity index is 1730. The molecule has 292 valence electrons. The van der Waals surface area contributed by atoms with Gasteiger partial charge in [-0.2, -0.15) is 0 Å². The van der Waals surface area contributed by atoms with E-state index in [4.69, 9.17) is 47.4 Å². The molecule has 0 aliphatic carbocycles. The zero-order valence-electron chi connectivity index (χ0n) is 30.9. The van der Waals surface area contributed by atoms with Crippen LogP contribution in [0.3, 0.4) is 0 Å². The van der Waals surface area contributed by atoms with Crippen LogP contribution in [0.5, 0.6) is 0 Å². The quantitative estimate of drug-likeness (QED) is 0.159. The van der Waals surface area contributed by atoms with Crippen LogP contribution in [0.15, 0.2) is 121 Å². The van der Waals surface area contributed by atoms with Crippen molar-refractivity contribution < 1.29 is 57.3 Å². The number of hydrogen-bond acceptors (Lipinski definition) is 12. The number of esters is 1. The molecule has 7 rings (SSSR count). The Morgan fingerprint density at radius 2 is 1.24 bits per heavy atom. The fraction of sp³-hybridized carbons (Fsp3) is 0.419. The molecule has 11 atom stereocenters. The third-order valence-corrected chi connectivity index (χ3v) is 9.76. The van der Waals surface area contributed by atoms with Gasteiger partial charge in [-0.25, -0.2) is 0 Å². The van der Waals surface area contributed by atoms with Gasteiger partial charge in [0, 0.05) is 19.6 Å². The zero-order chi connectivity index (χ0) is 38.0. The van der Waals surface area contributed by atoms with Gasteiger partial charge in [0.05, 0.1) is 33.0 Å². The van der Waals surface area contributed by atoms with Crippen molar-refractivity contribution in [1.82, 2.24) is 0 Å². The van der Waals surface area contributed by atoms with E-state index in [0.717, 1.165) is 22.3 Å². The number of aliphatic hydroxyl groups is 1. The molecule has 3 aliphatic rings. The van der Waals surface area contributed by atoms with Crippen LogP contribution in [0.25, 0.3) is 0 Å². The Morgan fingerprint density at radius 1 is 0.673 bits per heavy atom. The van der Waals surface area contributed by atoms with Crippen molar-refractivity contribution in [2.75, 3.05) is 20.3 Å². The first-order valence-corrected chi connectivity index (χ1v) is 18.6. The van der Waals surface area contributed by atoms with Gasteiger partial charge in [-0.1, -0.05) is 121 Å². The third kappa shape index (κ3) is 10.0. The van der Waals surface area contributed by atoms with Crippen molar-refractivity contribution >= 4 is 5.97 Å². The van der Waals surface area contributed by atoms with E-state index in [1.165, 1.54) is 14.0 Å². The summed E-state index contributed by atoms with van der Waals surface area (Å²) in [7, 11) is 1.45. The molecule has 4 aromatic rings. The molecule has 1 N–H and O–H groups in total. The Labute approximate surface area is 321 Å². The molecular formula is C43H48O12. The minimum absolute atomic E-state index is 0.0769. The summed E-state index contributed by atoms with van der Waals surface area (Å²) in [5, 5.41) is 11.9. The van der Waals surface area contributed by atoms with E-state index in [1.807, 2.05) is 121 Å². The number of benzene rings is 4. The highest BCUT2D eigenvalue weighted by Gasteiger charge is 2.55. The summed E-state index contributed by atoms with van der Waals surface area (Å²) in [5.41, 5.74) is 3.61. The van der Waals surface area contributed by atoms with Gasteiger partial charge < -0.3 is 52.5 Å². The van der Waals surface area contributed by atoms with Crippen LogP contribution in [0.1, 0.15) is 35.5 Å². The number of carbonyl (C=O) groups is 1. The van der Waals surface area contributed by atoms with Gasteiger partial charge in [-0.3, -0.25) is 4.79 Å². The monoisotopic (exact) mass is 756 g/mol. The molecule has 0 aromatic heterocycles. The highest BCUT2D eigenvalue weighted by molar-refractivity contribution is 5.66. The van der Waals surface area contributed by atoms with E-state index in [-0.39, 0.29) is 26.4 Å². The van der Waals surface area contributed by atoms with Crippen molar-refractivity contribution in [3.05, 3.63) is 144 Å². The topological polar surface area (TPSA) is 130 Å². The normalized spacial score (nSPS) is 30.6. The summed E-state index contributed by atoms with van der Waals surface area (Å²) in [4.78, 5) is 12.8. The first-order valence-electron chi connectivity index (χ1n) is 18.6. The average molecular weight is 757 g/mol. The molecular weight excluding hydrogens is 708 g/mol. The fourth-order valence-corrected chi connectivity index (χ4v) is 7.07. The van der Waals surface area contributed by atoms with E-state index >= 15 is 0 Å². The number of ether oxygens (including phenoxy) is 10. The van der Waals surface area contributed by atoms with Gasteiger partial charge in [0.25, 0.3) is 0 Å².